The van der Waals surface area contributed by atoms with E-state index in [1.807, 2.05) is 0 Å². The average Bonchev–Trinajstić information content (AvgIpc) is 3.03. The Balaban J connectivity index is 1.92. The zero-order valence-corrected chi connectivity index (χ0v) is 16.8. The number of carbonyl (C=O) groups excluding carboxylic acids is 2. The summed E-state index contributed by atoms with van der Waals surface area (Å²) in [5.41, 5.74) is 4.76. The predicted molar refractivity (Wildman–Crippen MR) is 102 cm³/mol. The number of piperazine rings is 1. The Hall–Kier alpha value is -3.15. The number of aromatic nitrogens is 4. The summed E-state index contributed by atoms with van der Waals surface area (Å²) in [6.45, 7) is 4.70. The Morgan fingerprint density at radius 1 is 1.17 bits per heavy atom. The largest absolute Gasteiger partial charge is 0.450 e. The number of aryl methyl sites for hydroxylation is 1. The van der Waals surface area contributed by atoms with E-state index in [0.717, 1.165) is 9.47 Å². The first kappa shape index (κ1) is 20.6. The first-order valence-corrected chi connectivity index (χ1v) is 9.43. The highest BCUT2D eigenvalue weighted by atomic mass is 16.6. The van der Waals surface area contributed by atoms with Crippen LogP contribution in [0.2, 0.25) is 0 Å². The number of rotatable bonds is 5. The molecule has 0 unspecified atom stereocenters. The van der Waals surface area contributed by atoms with Gasteiger partial charge in [0, 0.05) is 14.1 Å². The van der Waals surface area contributed by atoms with Crippen molar-refractivity contribution in [3.63, 3.8) is 0 Å². The summed E-state index contributed by atoms with van der Waals surface area (Å²) in [5.74, 6) is -0.111. The number of hydrogen-bond donors (Lipinski definition) is 2. The minimum atomic E-state index is -0.608. The first-order valence-electron chi connectivity index (χ1n) is 9.43. The zero-order valence-electron chi connectivity index (χ0n) is 16.8. The van der Waals surface area contributed by atoms with E-state index in [0.29, 0.717) is 45.2 Å². The maximum Gasteiger partial charge on any atom is 0.410 e. The number of amides is 2. The Morgan fingerprint density at radius 2 is 1.83 bits per heavy atom. The van der Waals surface area contributed by atoms with Gasteiger partial charge in [0.2, 0.25) is 5.91 Å². The van der Waals surface area contributed by atoms with Gasteiger partial charge in [0.25, 0.3) is 5.56 Å². The summed E-state index contributed by atoms with van der Waals surface area (Å²) in [6.07, 6.45) is -0.328. The van der Waals surface area contributed by atoms with E-state index >= 15 is 0 Å². The molecular weight excluding hydrogens is 382 g/mol. The van der Waals surface area contributed by atoms with Crippen molar-refractivity contribution in [2.75, 3.05) is 32.8 Å². The van der Waals surface area contributed by atoms with Gasteiger partial charge in [-0.25, -0.2) is 14.6 Å². The Bertz CT molecular complexity index is 1060. The lowest BCUT2D eigenvalue weighted by molar-refractivity contribution is -0.918. The van der Waals surface area contributed by atoms with Crippen molar-refractivity contribution in [1.82, 2.24) is 23.6 Å². The number of ether oxygens (including phenoxy) is 1. The number of carbonyl (C=O) groups is 2. The van der Waals surface area contributed by atoms with E-state index < -0.39 is 17.2 Å². The van der Waals surface area contributed by atoms with E-state index in [9.17, 15) is 19.2 Å². The fraction of sp³-hybridized carbons (Fsp3) is 0.588. The highest BCUT2D eigenvalue weighted by molar-refractivity contribution is 5.78. The minimum Gasteiger partial charge on any atom is -0.450 e. The lowest BCUT2D eigenvalue weighted by Crippen LogP contribution is -3.13. The van der Waals surface area contributed by atoms with Crippen molar-refractivity contribution in [1.29, 1.82) is 0 Å². The number of nitrogens with one attached hydrogen (secondary N) is 1. The number of nitrogens with two attached hydrogens (primary N) is 1. The normalized spacial score (nSPS) is 15.1. The minimum absolute atomic E-state index is 0.174. The van der Waals surface area contributed by atoms with Gasteiger partial charge in [-0.15, -0.1) is 0 Å². The van der Waals surface area contributed by atoms with Crippen LogP contribution < -0.4 is 21.9 Å². The molecule has 0 atom stereocenters. The van der Waals surface area contributed by atoms with Gasteiger partial charge in [0.15, 0.2) is 17.0 Å². The summed E-state index contributed by atoms with van der Waals surface area (Å²) < 4.78 is 8.78. The summed E-state index contributed by atoms with van der Waals surface area (Å²) >= 11 is 0. The smallest absolute Gasteiger partial charge is 0.410 e. The summed E-state index contributed by atoms with van der Waals surface area (Å²) in [7, 11) is 2.91. The van der Waals surface area contributed by atoms with E-state index in [-0.39, 0.29) is 23.8 Å². The molecule has 158 valence electrons. The van der Waals surface area contributed by atoms with Gasteiger partial charge < -0.3 is 19.9 Å². The Labute approximate surface area is 166 Å². The van der Waals surface area contributed by atoms with Gasteiger partial charge in [0.1, 0.15) is 13.1 Å². The highest BCUT2D eigenvalue weighted by Gasteiger charge is 2.27. The fourth-order valence-electron chi connectivity index (χ4n) is 3.57. The van der Waals surface area contributed by atoms with E-state index in [4.69, 9.17) is 10.5 Å². The summed E-state index contributed by atoms with van der Waals surface area (Å²) in [6, 6.07) is 0. The molecule has 0 radical (unpaired) electrons. The zero-order chi connectivity index (χ0) is 21.3. The van der Waals surface area contributed by atoms with Gasteiger partial charge in [-0.1, -0.05) is 0 Å². The van der Waals surface area contributed by atoms with Crippen molar-refractivity contribution >= 4 is 23.2 Å². The highest BCUT2D eigenvalue weighted by Crippen LogP contribution is 2.10. The fourth-order valence-corrected chi connectivity index (χ4v) is 3.57. The number of quaternary nitrogens is 1. The van der Waals surface area contributed by atoms with Crippen molar-refractivity contribution in [2.24, 2.45) is 19.8 Å². The summed E-state index contributed by atoms with van der Waals surface area (Å²) in [5, 5.41) is 0. The van der Waals surface area contributed by atoms with Crippen LogP contribution in [-0.4, -0.2) is 68.4 Å². The van der Waals surface area contributed by atoms with Crippen LogP contribution in [0.4, 0.5) is 4.79 Å². The molecule has 2 amide bonds. The maximum atomic E-state index is 12.7. The number of hydrogen-bond acceptors (Lipinski definition) is 6. The third-order valence-electron chi connectivity index (χ3n) is 5.15. The molecule has 0 saturated carbocycles. The van der Waals surface area contributed by atoms with Crippen LogP contribution in [0.3, 0.4) is 0 Å². The molecule has 29 heavy (non-hydrogen) atoms. The second-order valence-corrected chi connectivity index (χ2v) is 7.07. The number of fused-ring (bicyclic) bond motifs is 1. The molecule has 1 aliphatic heterocycles. The topological polar surface area (TPSA) is 139 Å². The Kier molecular flexibility index (Phi) is 5.73. The van der Waals surface area contributed by atoms with Crippen molar-refractivity contribution in [3.05, 3.63) is 26.7 Å². The van der Waals surface area contributed by atoms with Gasteiger partial charge in [-0.3, -0.25) is 23.6 Å². The van der Waals surface area contributed by atoms with Gasteiger partial charge >= 0.3 is 11.8 Å². The SMILES string of the molecule is CCOC(=O)N1CC[NH+](Cc2nc3c(c(=O)n(C)c(=O)n3C)n2CC(N)=O)CC1. The number of imidazole rings is 1. The number of primary amides is 1. The Morgan fingerprint density at radius 3 is 2.41 bits per heavy atom. The molecule has 3 heterocycles. The van der Waals surface area contributed by atoms with Crippen LogP contribution in [0.25, 0.3) is 11.2 Å². The molecule has 1 aliphatic rings. The van der Waals surface area contributed by atoms with Crippen LogP contribution >= 0.6 is 0 Å². The lowest BCUT2D eigenvalue weighted by atomic mass is 10.3. The quantitative estimate of drug-likeness (QED) is 0.534. The van der Waals surface area contributed by atoms with E-state index in [1.54, 1.807) is 11.8 Å². The standard InChI is InChI=1S/C17H25N7O5/c1-4-29-17(28)23-7-5-22(6-8-23)10-12-19-14-13(24(12)9-11(18)25)15(26)21(3)16(27)20(14)2/h4-10H2,1-3H3,(H2,18,25)/p+1. The first-order chi connectivity index (χ1) is 13.7. The molecule has 3 rings (SSSR count). The molecule has 12 heteroatoms. The van der Waals surface area contributed by atoms with Crippen LogP contribution in [0.5, 0.6) is 0 Å². The molecule has 2 aromatic rings. The molecule has 0 spiro atoms. The van der Waals surface area contributed by atoms with Crippen molar-refractivity contribution in [3.8, 4) is 0 Å². The molecule has 0 aromatic carbocycles. The molecule has 0 bridgehead atoms. The third-order valence-corrected chi connectivity index (χ3v) is 5.15. The van der Waals surface area contributed by atoms with Gasteiger partial charge in [-0.05, 0) is 6.92 Å². The molecule has 1 saturated heterocycles. The molecular formula is C17H26N7O5+. The lowest BCUT2D eigenvalue weighted by Gasteiger charge is -2.31. The third kappa shape index (κ3) is 3.88. The van der Waals surface area contributed by atoms with Crippen LogP contribution in [0.15, 0.2) is 9.59 Å². The van der Waals surface area contributed by atoms with Gasteiger partial charge in [-0.2, -0.15) is 0 Å². The van der Waals surface area contributed by atoms with Gasteiger partial charge in [0.05, 0.1) is 32.8 Å². The summed E-state index contributed by atoms with van der Waals surface area (Å²) in [4.78, 5) is 55.6. The molecule has 3 N–H and O–H groups in total. The number of nitrogens with zero attached hydrogens (tertiary/aromatic N) is 5. The average molecular weight is 408 g/mol. The molecule has 2 aromatic heterocycles. The second-order valence-electron chi connectivity index (χ2n) is 7.07. The van der Waals surface area contributed by atoms with Crippen molar-refractivity contribution < 1.29 is 19.2 Å². The van der Waals surface area contributed by atoms with Crippen LogP contribution in [0, 0.1) is 0 Å². The van der Waals surface area contributed by atoms with Crippen LogP contribution in [0.1, 0.15) is 12.7 Å². The van der Waals surface area contributed by atoms with Crippen molar-refractivity contribution in [2.45, 2.75) is 20.0 Å². The maximum absolute atomic E-state index is 12.7. The molecule has 12 nitrogen and oxygen atoms in total. The second kappa shape index (κ2) is 8.07. The molecule has 0 aliphatic carbocycles. The van der Waals surface area contributed by atoms with E-state index in [2.05, 4.69) is 4.98 Å². The monoisotopic (exact) mass is 408 g/mol. The van der Waals surface area contributed by atoms with E-state index in [1.165, 1.54) is 23.2 Å². The predicted octanol–water partition coefficient (Wildman–Crippen LogP) is -3.22. The van der Waals surface area contributed by atoms with Crippen LogP contribution in [-0.2, 0) is 36.7 Å². The molecule has 1 fully saturated rings.